The molecular weight excluding hydrogens is 182 g/mol. The molecule has 0 saturated heterocycles. The Labute approximate surface area is 82.8 Å². The molecule has 0 bridgehead atoms. The fraction of sp³-hybridized carbons (Fsp3) is 0.333. The Kier molecular flexibility index (Phi) is 3.03. The minimum atomic E-state index is -0.390. The Morgan fingerprint density at radius 3 is 2.43 bits per heavy atom. The van der Waals surface area contributed by atoms with E-state index in [4.69, 9.17) is 26.7 Å². The molecule has 0 radical (unpaired) electrons. The predicted octanol–water partition coefficient (Wildman–Crippen LogP) is 0.804. The van der Waals surface area contributed by atoms with Crippen molar-refractivity contribution in [1.29, 1.82) is 0 Å². The lowest BCUT2D eigenvalue weighted by Gasteiger charge is -2.15. The van der Waals surface area contributed by atoms with Gasteiger partial charge in [0.1, 0.15) is 5.75 Å². The molecule has 1 unspecified atom stereocenters. The zero-order valence-corrected chi connectivity index (χ0v) is 8.28. The van der Waals surface area contributed by atoms with Gasteiger partial charge in [-0.1, -0.05) is 0 Å². The van der Waals surface area contributed by atoms with E-state index in [0.717, 1.165) is 0 Å². The third kappa shape index (κ3) is 2.20. The van der Waals surface area contributed by atoms with Crippen molar-refractivity contribution in [1.82, 2.24) is 0 Å². The maximum absolute atomic E-state index is 5.69. The lowest BCUT2D eigenvalue weighted by Crippen LogP contribution is -2.15. The van der Waals surface area contributed by atoms with Gasteiger partial charge in [0.2, 0.25) is 0 Å². The Morgan fingerprint density at radius 2 is 1.86 bits per heavy atom. The van der Waals surface area contributed by atoms with Crippen molar-refractivity contribution in [3.63, 3.8) is 0 Å². The van der Waals surface area contributed by atoms with E-state index in [1.807, 2.05) is 0 Å². The average Bonchev–Trinajstić information content (AvgIpc) is 2.13. The van der Waals surface area contributed by atoms with Crippen LogP contribution >= 0.6 is 0 Å². The molecular formula is C9H15N3O2. The summed E-state index contributed by atoms with van der Waals surface area (Å²) in [5.41, 5.74) is 18.2. The topological polar surface area (TPSA) is 96.5 Å². The van der Waals surface area contributed by atoms with Crippen molar-refractivity contribution < 1.29 is 9.47 Å². The second-order valence-corrected chi connectivity index (χ2v) is 2.94. The molecule has 5 nitrogen and oxygen atoms in total. The molecule has 0 spiro atoms. The van der Waals surface area contributed by atoms with Gasteiger partial charge in [-0.15, -0.1) is 0 Å². The van der Waals surface area contributed by atoms with Gasteiger partial charge in [0.15, 0.2) is 6.29 Å². The molecule has 14 heavy (non-hydrogen) atoms. The number of methoxy groups -OCH3 is 1. The van der Waals surface area contributed by atoms with Crippen LogP contribution in [0.4, 0.5) is 17.1 Å². The van der Waals surface area contributed by atoms with Crippen molar-refractivity contribution in [2.24, 2.45) is 0 Å². The van der Waals surface area contributed by atoms with E-state index >= 15 is 0 Å². The molecule has 0 aliphatic heterocycles. The number of nitrogens with two attached hydrogens (primary N) is 3. The highest BCUT2D eigenvalue weighted by Gasteiger charge is 2.08. The summed E-state index contributed by atoms with van der Waals surface area (Å²) in [6.07, 6.45) is -0.390. The molecule has 0 heterocycles. The first kappa shape index (κ1) is 10.5. The van der Waals surface area contributed by atoms with Crippen LogP contribution in [0.1, 0.15) is 6.92 Å². The van der Waals surface area contributed by atoms with Gasteiger partial charge in [-0.3, -0.25) is 0 Å². The lowest BCUT2D eigenvalue weighted by atomic mass is 10.2. The van der Waals surface area contributed by atoms with E-state index in [1.165, 1.54) is 7.11 Å². The Morgan fingerprint density at radius 1 is 1.21 bits per heavy atom. The van der Waals surface area contributed by atoms with Gasteiger partial charge in [-0.25, -0.2) is 0 Å². The van der Waals surface area contributed by atoms with E-state index in [0.29, 0.717) is 22.8 Å². The maximum Gasteiger partial charge on any atom is 0.196 e. The first-order valence-electron chi connectivity index (χ1n) is 4.18. The molecule has 1 aromatic rings. The van der Waals surface area contributed by atoms with E-state index < -0.39 is 6.29 Å². The summed E-state index contributed by atoms with van der Waals surface area (Å²) < 4.78 is 10.3. The second kappa shape index (κ2) is 4.06. The summed E-state index contributed by atoms with van der Waals surface area (Å²) in [7, 11) is 1.54. The first-order valence-corrected chi connectivity index (χ1v) is 4.18. The molecule has 0 fully saturated rings. The second-order valence-electron chi connectivity index (χ2n) is 2.94. The normalized spacial score (nSPS) is 12.4. The van der Waals surface area contributed by atoms with Gasteiger partial charge >= 0.3 is 0 Å². The van der Waals surface area contributed by atoms with Gasteiger partial charge in [0.05, 0.1) is 11.4 Å². The zero-order valence-electron chi connectivity index (χ0n) is 8.28. The van der Waals surface area contributed by atoms with Gasteiger partial charge in [-0.2, -0.15) is 0 Å². The molecule has 0 aliphatic carbocycles. The molecule has 0 saturated carbocycles. The summed E-state index contributed by atoms with van der Waals surface area (Å²) in [6, 6.07) is 3.20. The smallest absolute Gasteiger partial charge is 0.196 e. The number of benzene rings is 1. The minimum absolute atomic E-state index is 0.378. The van der Waals surface area contributed by atoms with E-state index in [9.17, 15) is 0 Å². The summed E-state index contributed by atoms with van der Waals surface area (Å²) >= 11 is 0. The third-order valence-corrected chi connectivity index (χ3v) is 1.82. The van der Waals surface area contributed by atoms with Crippen LogP contribution in [0.25, 0.3) is 0 Å². The molecule has 0 aromatic heterocycles. The van der Waals surface area contributed by atoms with Crippen LogP contribution in [0, 0.1) is 0 Å². The van der Waals surface area contributed by atoms with E-state index in [2.05, 4.69) is 0 Å². The predicted molar refractivity (Wildman–Crippen MR) is 56.8 cm³/mol. The quantitative estimate of drug-likeness (QED) is 0.492. The van der Waals surface area contributed by atoms with Crippen molar-refractivity contribution in [2.45, 2.75) is 13.2 Å². The highest BCUT2D eigenvalue weighted by molar-refractivity contribution is 5.75. The Balaban J connectivity index is 2.96. The molecule has 1 atom stereocenters. The van der Waals surface area contributed by atoms with E-state index in [1.54, 1.807) is 19.1 Å². The largest absolute Gasteiger partial charge is 0.463 e. The van der Waals surface area contributed by atoms with Crippen LogP contribution in [-0.2, 0) is 4.74 Å². The third-order valence-electron chi connectivity index (χ3n) is 1.82. The van der Waals surface area contributed by atoms with Crippen LogP contribution in [0.5, 0.6) is 5.75 Å². The summed E-state index contributed by atoms with van der Waals surface area (Å²) in [5.74, 6) is 0.442. The highest BCUT2D eigenvalue weighted by Crippen LogP contribution is 2.31. The number of ether oxygens (including phenoxy) is 2. The van der Waals surface area contributed by atoms with Crippen molar-refractivity contribution in [3.05, 3.63) is 12.1 Å². The minimum Gasteiger partial charge on any atom is -0.463 e. The zero-order chi connectivity index (χ0) is 10.7. The van der Waals surface area contributed by atoms with Gasteiger partial charge in [0, 0.05) is 18.9 Å². The Hall–Kier alpha value is -1.62. The molecule has 5 heteroatoms. The molecule has 1 aromatic carbocycles. The van der Waals surface area contributed by atoms with Crippen LogP contribution in [-0.4, -0.2) is 13.4 Å². The highest BCUT2D eigenvalue weighted by atomic mass is 16.7. The summed E-state index contributed by atoms with van der Waals surface area (Å²) in [4.78, 5) is 0. The average molecular weight is 197 g/mol. The Bertz CT molecular complexity index is 328. The number of nitrogen functional groups attached to an aromatic ring is 3. The summed E-state index contributed by atoms with van der Waals surface area (Å²) in [5, 5.41) is 0. The number of hydrogen-bond donors (Lipinski definition) is 3. The van der Waals surface area contributed by atoms with Crippen molar-refractivity contribution >= 4 is 17.1 Å². The van der Waals surface area contributed by atoms with Gasteiger partial charge < -0.3 is 26.7 Å². The van der Waals surface area contributed by atoms with Crippen LogP contribution in [0.15, 0.2) is 12.1 Å². The lowest BCUT2D eigenvalue weighted by molar-refractivity contribution is -0.0377. The number of rotatable bonds is 3. The van der Waals surface area contributed by atoms with Gasteiger partial charge in [0.25, 0.3) is 0 Å². The van der Waals surface area contributed by atoms with Crippen LogP contribution in [0.2, 0.25) is 0 Å². The first-order chi connectivity index (χ1) is 6.54. The fourth-order valence-corrected chi connectivity index (χ4v) is 0.995. The summed E-state index contributed by atoms with van der Waals surface area (Å²) in [6.45, 7) is 1.75. The molecule has 0 aliphatic rings. The number of anilines is 3. The number of hydrogen-bond acceptors (Lipinski definition) is 5. The molecule has 1 rings (SSSR count). The monoisotopic (exact) mass is 197 g/mol. The van der Waals surface area contributed by atoms with Crippen LogP contribution in [0.3, 0.4) is 0 Å². The fourth-order valence-electron chi connectivity index (χ4n) is 0.995. The molecule has 6 N–H and O–H groups in total. The molecule has 78 valence electrons. The van der Waals surface area contributed by atoms with Crippen LogP contribution < -0.4 is 21.9 Å². The van der Waals surface area contributed by atoms with Crippen molar-refractivity contribution in [2.75, 3.05) is 24.3 Å². The SMILES string of the molecule is COC(C)Oc1cc(N)cc(N)c1N. The maximum atomic E-state index is 5.69. The van der Waals surface area contributed by atoms with Gasteiger partial charge in [-0.05, 0) is 13.0 Å². The molecule has 0 amide bonds. The standard InChI is InChI=1S/C9H15N3O2/c1-5(13-2)14-8-4-6(10)3-7(11)9(8)12/h3-5H,10-12H2,1-2H3. The van der Waals surface area contributed by atoms with Crippen molar-refractivity contribution in [3.8, 4) is 5.75 Å². The van der Waals surface area contributed by atoms with E-state index in [-0.39, 0.29) is 0 Å².